The van der Waals surface area contributed by atoms with Gasteiger partial charge in [0.2, 0.25) is 0 Å². The van der Waals surface area contributed by atoms with Crippen molar-refractivity contribution in [1.82, 2.24) is 10.3 Å². The van der Waals surface area contributed by atoms with Crippen molar-refractivity contribution in [2.75, 3.05) is 6.54 Å². The highest BCUT2D eigenvalue weighted by Gasteiger charge is 2.11. The van der Waals surface area contributed by atoms with E-state index in [1.54, 1.807) is 22.9 Å². The summed E-state index contributed by atoms with van der Waals surface area (Å²) < 4.78 is 5.84. The largest absolute Gasteiger partial charge is 0.485 e. The van der Waals surface area contributed by atoms with E-state index in [2.05, 4.69) is 24.1 Å². The Bertz CT molecular complexity index is 573. The third kappa shape index (κ3) is 5.15. The molecule has 2 rings (SSSR count). The molecule has 0 unspecified atom stereocenters. The summed E-state index contributed by atoms with van der Waals surface area (Å²) in [5.74, 6) is 1.25. The van der Waals surface area contributed by atoms with E-state index in [0.29, 0.717) is 34.9 Å². The molecule has 21 heavy (non-hydrogen) atoms. The SMILES string of the molecule is CC(C)CNCc1cc(Cl)cc(Cl)c1OCc1cscn1. The maximum atomic E-state index is 6.26. The van der Waals surface area contributed by atoms with Gasteiger partial charge < -0.3 is 10.1 Å². The lowest BCUT2D eigenvalue weighted by Crippen LogP contribution is -2.19. The van der Waals surface area contributed by atoms with Gasteiger partial charge in [0.15, 0.2) is 0 Å². The molecular formula is C15H18Cl2N2OS. The zero-order valence-corrected chi connectivity index (χ0v) is 14.4. The highest BCUT2D eigenvalue weighted by molar-refractivity contribution is 7.07. The summed E-state index contributed by atoms with van der Waals surface area (Å²) >= 11 is 13.9. The van der Waals surface area contributed by atoms with Crippen LogP contribution >= 0.6 is 34.5 Å². The molecule has 3 nitrogen and oxygen atoms in total. The van der Waals surface area contributed by atoms with E-state index in [-0.39, 0.29) is 0 Å². The summed E-state index contributed by atoms with van der Waals surface area (Å²) in [6.45, 7) is 6.33. The van der Waals surface area contributed by atoms with Crippen LogP contribution in [0.25, 0.3) is 0 Å². The normalized spacial score (nSPS) is 11.1. The maximum absolute atomic E-state index is 6.26. The van der Waals surface area contributed by atoms with Crippen LogP contribution in [0.2, 0.25) is 10.0 Å². The van der Waals surface area contributed by atoms with Crippen LogP contribution in [0.5, 0.6) is 5.75 Å². The molecule has 0 saturated heterocycles. The molecule has 0 aliphatic carbocycles. The van der Waals surface area contributed by atoms with Crippen molar-refractivity contribution < 1.29 is 4.74 Å². The van der Waals surface area contributed by atoms with Crippen molar-refractivity contribution in [3.63, 3.8) is 0 Å². The summed E-state index contributed by atoms with van der Waals surface area (Å²) in [4.78, 5) is 4.20. The van der Waals surface area contributed by atoms with E-state index < -0.39 is 0 Å². The van der Waals surface area contributed by atoms with Gasteiger partial charge in [0, 0.05) is 22.5 Å². The zero-order chi connectivity index (χ0) is 15.2. The van der Waals surface area contributed by atoms with E-state index >= 15 is 0 Å². The number of rotatable bonds is 7. The van der Waals surface area contributed by atoms with E-state index in [4.69, 9.17) is 27.9 Å². The quantitative estimate of drug-likeness (QED) is 0.785. The molecule has 114 valence electrons. The fourth-order valence-corrected chi connectivity index (χ4v) is 2.99. The lowest BCUT2D eigenvalue weighted by atomic mass is 10.1. The minimum Gasteiger partial charge on any atom is -0.485 e. The molecule has 0 amide bonds. The molecule has 6 heteroatoms. The molecular weight excluding hydrogens is 327 g/mol. The van der Waals surface area contributed by atoms with Crippen molar-refractivity contribution >= 4 is 34.5 Å². The first-order valence-electron chi connectivity index (χ1n) is 6.74. The molecule has 0 radical (unpaired) electrons. The zero-order valence-electron chi connectivity index (χ0n) is 12.0. The maximum Gasteiger partial charge on any atom is 0.143 e. The Hall–Kier alpha value is -0.810. The average Bonchev–Trinajstić information content (AvgIpc) is 2.90. The predicted octanol–water partition coefficient (Wildman–Crippen LogP) is 4.77. The van der Waals surface area contributed by atoms with Gasteiger partial charge in [-0.05, 0) is 24.6 Å². The van der Waals surface area contributed by atoms with Crippen LogP contribution in [0, 0.1) is 5.92 Å². The Morgan fingerprint density at radius 3 is 2.81 bits per heavy atom. The molecule has 0 saturated carbocycles. The molecule has 1 N–H and O–H groups in total. The van der Waals surface area contributed by atoms with Gasteiger partial charge in [-0.25, -0.2) is 4.98 Å². The number of aromatic nitrogens is 1. The first-order valence-corrected chi connectivity index (χ1v) is 8.44. The van der Waals surface area contributed by atoms with Crippen LogP contribution in [0.3, 0.4) is 0 Å². The fraction of sp³-hybridized carbons (Fsp3) is 0.400. The number of halogens is 2. The number of nitrogens with zero attached hydrogens (tertiary/aromatic N) is 1. The Labute approximate surface area is 139 Å². The van der Waals surface area contributed by atoms with Crippen molar-refractivity contribution in [2.24, 2.45) is 5.92 Å². The summed E-state index contributed by atoms with van der Waals surface area (Å²) in [6.07, 6.45) is 0. The number of thiazole rings is 1. The summed E-state index contributed by atoms with van der Waals surface area (Å²) in [6, 6.07) is 3.59. The van der Waals surface area contributed by atoms with E-state index in [1.165, 1.54) is 0 Å². The van der Waals surface area contributed by atoms with Gasteiger partial charge in [-0.2, -0.15) is 0 Å². The number of nitrogens with one attached hydrogen (secondary N) is 1. The minimum atomic E-state index is 0.405. The second-order valence-electron chi connectivity index (χ2n) is 5.17. The van der Waals surface area contributed by atoms with Crippen molar-refractivity contribution in [1.29, 1.82) is 0 Å². The van der Waals surface area contributed by atoms with Gasteiger partial charge >= 0.3 is 0 Å². The number of ether oxygens (including phenoxy) is 1. The molecule has 0 fully saturated rings. The highest BCUT2D eigenvalue weighted by Crippen LogP contribution is 2.33. The van der Waals surface area contributed by atoms with E-state index in [9.17, 15) is 0 Å². The molecule has 0 atom stereocenters. The van der Waals surface area contributed by atoms with Gasteiger partial charge in [0.1, 0.15) is 12.4 Å². The molecule has 0 aliphatic heterocycles. The Morgan fingerprint density at radius 1 is 1.33 bits per heavy atom. The number of hydrogen-bond donors (Lipinski definition) is 1. The summed E-state index contributed by atoms with van der Waals surface area (Å²) in [7, 11) is 0. The van der Waals surface area contributed by atoms with Crippen LogP contribution in [0.15, 0.2) is 23.0 Å². The molecule has 0 bridgehead atoms. The average molecular weight is 345 g/mol. The van der Waals surface area contributed by atoms with Crippen molar-refractivity contribution in [3.8, 4) is 5.75 Å². The monoisotopic (exact) mass is 344 g/mol. The predicted molar refractivity (Wildman–Crippen MR) is 89.5 cm³/mol. The van der Waals surface area contributed by atoms with Crippen LogP contribution in [-0.4, -0.2) is 11.5 Å². The van der Waals surface area contributed by atoms with Gasteiger partial charge in [-0.1, -0.05) is 37.0 Å². The summed E-state index contributed by atoms with van der Waals surface area (Å²) in [5.41, 5.74) is 3.64. The van der Waals surface area contributed by atoms with Crippen LogP contribution in [-0.2, 0) is 13.2 Å². The lowest BCUT2D eigenvalue weighted by Gasteiger charge is -2.14. The first kappa shape index (κ1) is 16.6. The Kier molecular flexibility index (Phi) is 6.30. The van der Waals surface area contributed by atoms with Crippen LogP contribution in [0.1, 0.15) is 25.1 Å². The second-order valence-corrected chi connectivity index (χ2v) is 6.73. The van der Waals surface area contributed by atoms with E-state index in [0.717, 1.165) is 17.8 Å². The molecule has 1 aromatic carbocycles. The summed E-state index contributed by atoms with van der Waals surface area (Å²) in [5, 5.41) is 6.48. The smallest absolute Gasteiger partial charge is 0.143 e. The highest BCUT2D eigenvalue weighted by atomic mass is 35.5. The van der Waals surface area contributed by atoms with Crippen molar-refractivity contribution in [2.45, 2.75) is 27.0 Å². The third-order valence-electron chi connectivity index (χ3n) is 2.80. The number of benzene rings is 1. The van der Waals surface area contributed by atoms with Gasteiger partial charge in [0.25, 0.3) is 0 Å². The van der Waals surface area contributed by atoms with Gasteiger partial charge in [-0.3, -0.25) is 0 Å². The topological polar surface area (TPSA) is 34.1 Å². The van der Waals surface area contributed by atoms with Crippen molar-refractivity contribution in [3.05, 3.63) is 44.3 Å². The fourth-order valence-electron chi connectivity index (χ4n) is 1.86. The minimum absolute atomic E-state index is 0.405. The van der Waals surface area contributed by atoms with Gasteiger partial charge in [0.05, 0.1) is 16.2 Å². The molecule has 1 heterocycles. The Morgan fingerprint density at radius 2 is 2.14 bits per heavy atom. The van der Waals surface area contributed by atoms with Gasteiger partial charge in [-0.15, -0.1) is 11.3 Å². The Balaban J connectivity index is 2.09. The third-order valence-corrected chi connectivity index (χ3v) is 3.94. The standard InChI is InChI=1S/C15H18Cl2N2OS/c1-10(2)5-18-6-11-3-12(16)4-14(17)15(11)20-7-13-8-21-9-19-13/h3-4,8-10,18H,5-7H2,1-2H3. The molecule has 0 aliphatic rings. The molecule has 2 aromatic rings. The number of hydrogen-bond acceptors (Lipinski definition) is 4. The molecule has 0 spiro atoms. The van der Waals surface area contributed by atoms with Crippen LogP contribution in [0.4, 0.5) is 0 Å². The second kappa shape index (κ2) is 7.99. The van der Waals surface area contributed by atoms with Crippen LogP contribution < -0.4 is 10.1 Å². The lowest BCUT2D eigenvalue weighted by molar-refractivity contribution is 0.298. The molecule has 1 aromatic heterocycles. The van der Waals surface area contributed by atoms with E-state index in [1.807, 2.05) is 11.4 Å². The first-order chi connectivity index (χ1) is 10.1.